The van der Waals surface area contributed by atoms with E-state index in [9.17, 15) is 8.78 Å². The third-order valence-corrected chi connectivity index (χ3v) is 2.89. The Morgan fingerprint density at radius 2 is 1.89 bits per heavy atom. The highest BCUT2D eigenvalue weighted by molar-refractivity contribution is 5.36. The number of nitrogens with zero attached hydrogens (tertiary/aromatic N) is 2. The van der Waals surface area contributed by atoms with Gasteiger partial charge < -0.3 is 10.1 Å². The maximum absolute atomic E-state index is 13.1. The summed E-state index contributed by atoms with van der Waals surface area (Å²) in [5.74, 6) is -0.946. The molecule has 2 heterocycles. The van der Waals surface area contributed by atoms with Gasteiger partial charge in [0, 0.05) is 37.7 Å². The third-order valence-electron chi connectivity index (χ3n) is 2.89. The van der Waals surface area contributed by atoms with E-state index >= 15 is 0 Å². The first-order chi connectivity index (χ1) is 9.22. The number of aromatic nitrogens is 2. The Bertz CT molecular complexity index is 599. The molecule has 1 N–H and O–H groups in total. The molecule has 0 saturated carbocycles. The minimum absolute atomic E-state index is 0.0870. The van der Waals surface area contributed by atoms with Crippen molar-refractivity contribution in [3.8, 4) is 11.6 Å². The van der Waals surface area contributed by atoms with Gasteiger partial charge in [0.15, 0.2) is 0 Å². The quantitative estimate of drug-likeness (QED) is 0.902. The predicted octanol–water partition coefficient (Wildman–Crippen LogP) is 2.19. The van der Waals surface area contributed by atoms with Crippen molar-refractivity contribution in [3.63, 3.8) is 0 Å². The fourth-order valence-corrected chi connectivity index (χ4v) is 2.03. The molecule has 0 fully saturated rings. The van der Waals surface area contributed by atoms with Crippen LogP contribution < -0.4 is 10.1 Å². The van der Waals surface area contributed by atoms with Crippen LogP contribution in [0, 0.1) is 11.6 Å². The minimum atomic E-state index is -0.684. The second-order valence-corrected chi connectivity index (χ2v) is 4.24. The van der Waals surface area contributed by atoms with E-state index in [0.717, 1.165) is 42.4 Å². The monoisotopic (exact) mass is 263 g/mol. The highest BCUT2D eigenvalue weighted by Crippen LogP contribution is 2.27. The van der Waals surface area contributed by atoms with Crippen molar-refractivity contribution < 1.29 is 13.5 Å². The summed E-state index contributed by atoms with van der Waals surface area (Å²) in [6.45, 7) is 1.43. The summed E-state index contributed by atoms with van der Waals surface area (Å²) in [7, 11) is 0. The normalized spacial score (nSPS) is 14.0. The van der Waals surface area contributed by atoms with Crippen LogP contribution in [-0.4, -0.2) is 16.5 Å². The summed E-state index contributed by atoms with van der Waals surface area (Å²) in [5.41, 5.74) is 1.74. The number of rotatable bonds is 2. The van der Waals surface area contributed by atoms with E-state index in [2.05, 4.69) is 15.3 Å². The number of benzene rings is 1. The molecule has 0 aliphatic carbocycles. The maximum atomic E-state index is 13.1. The number of fused-ring (bicyclic) bond motifs is 1. The summed E-state index contributed by atoms with van der Waals surface area (Å²) in [5, 5.41) is 3.18. The molecule has 1 aliphatic rings. The molecule has 0 atom stereocenters. The Morgan fingerprint density at radius 3 is 2.68 bits per heavy atom. The standard InChI is InChI=1S/C13H11F2N3O/c14-8-3-9(15)5-10(4-8)19-13-11-6-16-2-1-12(11)17-7-18-13/h3-5,7,16H,1-2,6H2. The van der Waals surface area contributed by atoms with Crippen LogP contribution >= 0.6 is 0 Å². The molecule has 1 aromatic carbocycles. The molecule has 2 aromatic rings. The lowest BCUT2D eigenvalue weighted by Crippen LogP contribution is -2.25. The van der Waals surface area contributed by atoms with E-state index in [1.807, 2.05) is 0 Å². The topological polar surface area (TPSA) is 47.0 Å². The number of halogens is 2. The molecule has 0 spiro atoms. The zero-order chi connectivity index (χ0) is 13.2. The van der Waals surface area contributed by atoms with Crippen LogP contribution in [0.3, 0.4) is 0 Å². The van der Waals surface area contributed by atoms with Gasteiger partial charge in [-0.05, 0) is 0 Å². The molecule has 19 heavy (non-hydrogen) atoms. The Labute approximate surface area is 108 Å². The van der Waals surface area contributed by atoms with Crippen molar-refractivity contribution >= 4 is 0 Å². The molecule has 98 valence electrons. The Kier molecular flexibility index (Phi) is 3.08. The molecule has 1 aliphatic heterocycles. The number of ether oxygens (including phenoxy) is 1. The van der Waals surface area contributed by atoms with E-state index in [1.54, 1.807) is 0 Å². The number of nitrogens with one attached hydrogen (secondary N) is 1. The second kappa shape index (κ2) is 4.89. The smallest absolute Gasteiger partial charge is 0.227 e. The van der Waals surface area contributed by atoms with Crippen molar-refractivity contribution in [1.82, 2.24) is 15.3 Å². The van der Waals surface area contributed by atoms with Gasteiger partial charge in [-0.25, -0.2) is 18.7 Å². The lowest BCUT2D eigenvalue weighted by atomic mass is 10.1. The van der Waals surface area contributed by atoms with Gasteiger partial charge in [-0.3, -0.25) is 0 Å². The first kappa shape index (κ1) is 12.0. The van der Waals surface area contributed by atoms with E-state index < -0.39 is 11.6 Å². The molecular formula is C13H11F2N3O. The fraction of sp³-hybridized carbons (Fsp3) is 0.231. The SMILES string of the molecule is Fc1cc(F)cc(Oc2ncnc3c2CNCC3)c1. The van der Waals surface area contributed by atoms with Gasteiger partial charge in [-0.15, -0.1) is 0 Å². The van der Waals surface area contributed by atoms with Crippen molar-refractivity contribution in [2.24, 2.45) is 0 Å². The molecule has 4 nitrogen and oxygen atoms in total. The summed E-state index contributed by atoms with van der Waals surface area (Å²) in [6, 6.07) is 3.03. The van der Waals surface area contributed by atoms with Crippen LogP contribution in [-0.2, 0) is 13.0 Å². The zero-order valence-corrected chi connectivity index (χ0v) is 9.99. The van der Waals surface area contributed by atoms with E-state index in [1.165, 1.54) is 6.33 Å². The van der Waals surface area contributed by atoms with Gasteiger partial charge in [-0.2, -0.15) is 0 Å². The summed E-state index contributed by atoms with van der Waals surface area (Å²) >= 11 is 0. The van der Waals surface area contributed by atoms with Crippen LogP contribution in [0.1, 0.15) is 11.3 Å². The van der Waals surface area contributed by atoms with Gasteiger partial charge in [0.25, 0.3) is 0 Å². The highest BCUT2D eigenvalue weighted by Gasteiger charge is 2.17. The van der Waals surface area contributed by atoms with Crippen LogP contribution in [0.2, 0.25) is 0 Å². The van der Waals surface area contributed by atoms with Crippen molar-refractivity contribution in [2.75, 3.05) is 6.54 Å². The van der Waals surface area contributed by atoms with E-state index in [4.69, 9.17) is 4.74 Å². The average molecular weight is 263 g/mol. The molecule has 6 heteroatoms. The van der Waals surface area contributed by atoms with Crippen LogP contribution in [0.15, 0.2) is 24.5 Å². The summed E-state index contributed by atoms with van der Waals surface area (Å²) < 4.78 is 31.7. The average Bonchev–Trinajstić information content (AvgIpc) is 2.38. The summed E-state index contributed by atoms with van der Waals surface area (Å²) in [6.07, 6.45) is 2.18. The predicted molar refractivity (Wildman–Crippen MR) is 63.9 cm³/mol. The number of hydrogen-bond acceptors (Lipinski definition) is 4. The molecule has 0 saturated heterocycles. The van der Waals surface area contributed by atoms with Gasteiger partial charge in [0.05, 0.1) is 11.3 Å². The van der Waals surface area contributed by atoms with Crippen molar-refractivity contribution in [2.45, 2.75) is 13.0 Å². The molecule has 0 radical (unpaired) electrons. The summed E-state index contributed by atoms with van der Waals surface area (Å²) in [4.78, 5) is 8.21. The first-order valence-electron chi connectivity index (χ1n) is 5.90. The van der Waals surface area contributed by atoms with Crippen molar-refractivity contribution in [1.29, 1.82) is 0 Å². The maximum Gasteiger partial charge on any atom is 0.227 e. The number of hydrogen-bond donors (Lipinski definition) is 1. The second-order valence-electron chi connectivity index (χ2n) is 4.24. The van der Waals surface area contributed by atoms with Gasteiger partial charge in [0.1, 0.15) is 23.7 Å². The lowest BCUT2D eigenvalue weighted by Gasteiger charge is -2.18. The minimum Gasteiger partial charge on any atom is -0.438 e. The molecule has 0 unspecified atom stereocenters. The molecule has 0 bridgehead atoms. The fourth-order valence-electron chi connectivity index (χ4n) is 2.03. The highest BCUT2D eigenvalue weighted by atomic mass is 19.1. The zero-order valence-electron chi connectivity index (χ0n) is 9.99. The largest absolute Gasteiger partial charge is 0.438 e. The van der Waals surface area contributed by atoms with Gasteiger partial charge in [-0.1, -0.05) is 0 Å². The van der Waals surface area contributed by atoms with Crippen LogP contribution in [0.5, 0.6) is 11.6 Å². The third kappa shape index (κ3) is 2.53. The first-order valence-corrected chi connectivity index (χ1v) is 5.90. The van der Waals surface area contributed by atoms with Crippen LogP contribution in [0.25, 0.3) is 0 Å². The molecular weight excluding hydrogens is 252 g/mol. The van der Waals surface area contributed by atoms with Gasteiger partial charge in [0.2, 0.25) is 5.88 Å². The molecule has 3 rings (SSSR count). The lowest BCUT2D eigenvalue weighted by molar-refractivity contribution is 0.435. The molecule has 0 amide bonds. The Hall–Kier alpha value is -2.08. The molecule has 1 aromatic heterocycles. The van der Waals surface area contributed by atoms with Gasteiger partial charge >= 0.3 is 0 Å². The Balaban J connectivity index is 1.95. The van der Waals surface area contributed by atoms with Crippen molar-refractivity contribution in [3.05, 3.63) is 47.4 Å². The van der Waals surface area contributed by atoms with E-state index in [-0.39, 0.29) is 5.75 Å². The van der Waals surface area contributed by atoms with E-state index in [0.29, 0.717) is 12.4 Å². The van der Waals surface area contributed by atoms with Crippen LogP contribution in [0.4, 0.5) is 8.78 Å². The Morgan fingerprint density at radius 1 is 1.11 bits per heavy atom.